The molecule has 1 fully saturated rings. The highest BCUT2D eigenvalue weighted by Gasteiger charge is 2.32. The van der Waals surface area contributed by atoms with Crippen LogP contribution in [-0.4, -0.2) is 31.6 Å². The second-order valence-electron chi connectivity index (χ2n) is 6.78. The third kappa shape index (κ3) is 4.03. The van der Waals surface area contributed by atoms with Crippen molar-refractivity contribution in [3.8, 4) is 0 Å². The number of carbonyl (C=O) groups is 1. The zero-order valence-corrected chi connectivity index (χ0v) is 13.9. The second kappa shape index (κ2) is 6.89. The maximum Gasteiger partial charge on any atom is 0.315 e. The van der Waals surface area contributed by atoms with Gasteiger partial charge in [-0.15, -0.1) is 0 Å². The van der Waals surface area contributed by atoms with Crippen LogP contribution in [0.4, 0.5) is 4.79 Å². The number of carbonyl (C=O) groups excluding carboxylic acids is 1. The van der Waals surface area contributed by atoms with Crippen LogP contribution in [0.5, 0.6) is 0 Å². The third-order valence-corrected chi connectivity index (χ3v) is 4.67. The largest absolute Gasteiger partial charge is 0.348 e. The van der Waals surface area contributed by atoms with Gasteiger partial charge in [0.05, 0.1) is 19.3 Å². The maximum atomic E-state index is 12.1. The molecule has 2 atom stereocenters. The highest BCUT2D eigenvalue weighted by atomic mass is 16.7. The Morgan fingerprint density at radius 2 is 2.09 bits per heavy atom. The first kappa shape index (κ1) is 16.3. The molecule has 1 saturated heterocycles. The standard InChI is InChI=1S/C18H26N2O3/c1-13(11-18(2)22-9-10-23-18)12-19-17(21)20-16-8-7-14-5-3-4-6-15(14)16/h3-6,13,16H,7-12H2,1-2H3,(H2,19,20,21)/t13-,16-/m1/s1. The SMILES string of the molecule is C[C@@H](CNC(=O)N[C@@H]1CCc2ccccc21)CC1(C)OCCO1. The minimum Gasteiger partial charge on any atom is -0.348 e. The average Bonchev–Trinajstić information content (AvgIpc) is 3.13. The minimum atomic E-state index is -0.498. The second-order valence-corrected chi connectivity index (χ2v) is 6.78. The zero-order chi connectivity index (χ0) is 16.3. The lowest BCUT2D eigenvalue weighted by Gasteiger charge is -2.26. The first-order chi connectivity index (χ1) is 11.1. The van der Waals surface area contributed by atoms with Crippen molar-refractivity contribution in [3.05, 3.63) is 35.4 Å². The molecule has 3 rings (SSSR count). The van der Waals surface area contributed by atoms with Gasteiger partial charge in [-0.25, -0.2) is 4.79 Å². The number of rotatable bonds is 5. The van der Waals surface area contributed by atoms with E-state index >= 15 is 0 Å². The molecule has 1 aromatic rings. The molecular formula is C18H26N2O3. The summed E-state index contributed by atoms with van der Waals surface area (Å²) in [7, 11) is 0. The van der Waals surface area contributed by atoms with Crippen molar-refractivity contribution in [3.63, 3.8) is 0 Å². The number of urea groups is 1. The van der Waals surface area contributed by atoms with Gasteiger partial charge in [0.1, 0.15) is 0 Å². The van der Waals surface area contributed by atoms with Gasteiger partial charge in [-0.2, -0.15) is 0 Å². The Morgan fingerprint density at radius 1 is 1.35 bits per heavy atom. The number of nitrogens with one attached hydrogen (secondary N) is 2. The zero-order valence-electron chi connectivity index (χ0n) is 13.9. The summed E-state index contributed by atoms with van der Waals surface area (Å²) in [6.45, 7) is 5.98. The summed E-state index contributed by atoms with van der Waals surface area (Å²) < 4.78 is 11.2. The molecule has 1 aliphatic carbocycles. The van der Waals surface area contributed by atoms with Crippen molar-refractivity contribution in [1.82, 2.24) is 10.6 Å². The molecule has 2 amide bonds. The normalized spacial score (nSPS) is 23.3. The van der Waals surface area contributed by atoms with Crippen molar-refractivity contribution >= 4 is 6.03 Å². The van der Waals surface area contributed by atoms with Gasteiger partial charge in [0.2, 0.25) is 0 Å². The summed E-state index contributed by atoms with van der Waals surface area (Å²) in [5.41, 5.74) is 2.59. The quantitative estimate of drug-likeness (QED) is 0.877. The fourth-order valence-electron chi connectivity index (χ4n) is 3.56. The lowest BCUT2D eigenvalue weighted by atomic mass is 10.0. The van der Waals surface area contributed by atoms with E-state index in [-0.39, 0.29) is 12.1 Å². The molecule has 0 unspecified atom stereocenters. The number of aryl methyl sites for hydroxylation is 1. The lowest BCUT2D eigenvalue weighted by Crippen LogP contribution is -2.40. The predicted octanol–water partition coefficient (Wildman–Crippen LogP) is 2.76. The number of amides is 2. The van der Waals surface area contributed by atoms with E-state index in [1.165, 1.54) is 11.1 Å². The van der Waals surface area contributed by atoms with Gasteiger partial charge in [0.25, 0.3) is 0 Å². The van der Waals surface area contributed by atoms with Gasteiger partial charge in [-0.1, -0.05) is 31.2 Å². The molecule has 0 radical (unpaired) electrons. The maximum absolute atomic E-state index is 12.1. The Kier molecular flexibility index (Phi) is 4.87. The minimum absolute atomic E-state index is 0.100. The lowest BCUT2D eigenvalue weighted by molar-refractivity contribution is -0.153. The van der Waals surface area contributed by atoms with E-state index in [1.807, 2.05) is 13.0 Å². The molecule has 2 N–H and O–H groups in total. The van der Waals surface area contributed by atoms with Crippen molar-refractivity contribution < 1.29 is 14.3 Å². The molecule has 0 bridgehead atoms. The van der Waals surface area contributed by atoms with Crippen LogP contribution in [0.3, 0.4) is 0 Å². The van der Waals surface area contributed by atoms with Crippen LogP contribution in [0.2, 0.25) is 0 Å². The third-order valence-electron chi connectivity index (χ3n) is 4.67. The van der Waals surface area contributed by atoms with Crippen LogP contribution in [0, 0.1) is 5.92 Å². The van der Waals surface area contributed by atoms with Crippen molar-refractivity contribution in [2.45, 2.75) is 44.9 Å². The molecule has 5 heteroatoms. The molecule has 0 spiro atoms. The van der Waals surface area contributed by atoms with Gasteiger partial charge in [0.15, 0.2) is 5.79 Å². The molecule has 1 heterocycles. The highest BCUT2D eigenvalue weighted by Crippen LogP contribution is 2.30. The molecule has 5 nitrogen and oxygen atoms in total. The van der Waals surface area contributed by atoms with E-state index < -0.39 is 5.79 Å². The number of hydrogen-bond acceptors (Lipinski definition) is 3. The Labute approximate surface area is 137 Å². The molecular weight excluding hydrogens is 292 g/mol. The number of hydrogen-bond donors (Lipinski definition) is 2. The van der Waals surface area contributed by atoms with Crippen LogP contribution in [0.15, 0.2) is 24.3 Å². The monoisotopic (exact) mass is 318 g/mol. The Morgan fingerprint density at radius 3 is 2.87 bits per heavy atom. The van der Waals surface area contributed by atoms with Crippen molar-refractivity contribution in [2.24, 2.45) is 5.92 Å². The molecule has 23 heavy (non-hydrogen) atoms. The molecule has 126 valence electrons. The van der Waals surface area contributed by atoms with Gasteiger partial charge in [-0.05, 0) is 36.8 Å². The van der Waals surface area contributed by atoms with E-state index in [0.717, 1.165) is 19.3 Å². The van der Waals surface area contributed by atoms with Crippen LogP contribution in [0.25, 0.3) is 0 Å². The summed E-state index contributed by atoms with van der Waals surface area (Å²) in [6, 6.07) is 8.35. The fourth-order valence-corrected chi connectivity index (χ4v) is 3.56. The van der Waals surface area contributed by atoms with Crippen LogP contribution in [0.1, 0.15) is 43.9 Å². The smallest absolute Gasteiger partial charge is 0.315 e. The summed E-state index contributed by atoms with van der Waals surface area (Å²) in [6.07, 6.45) is 2.78. The van der Waals surface area contributed by atoms with Crippen molar-refractivity contribution in [2.75, 3.05) is 19.8 Å². The molecule has 0 aromatic heterocycles. The molecule has 1 aromatic carbocycles. The molecule has 1 aliphatic heterocycles. The number of benzene rings is 1. The van der Waals surface area contributed by atoms with Gasteiger partial charge in [0, 0.05) is 13.0 Å². The summed E-state index contributed by atoms with van der Waals surface area (Å²) in [5, 5.41) is 6.05. The van der Waals surface area contributed by atoms with E-state index in [2.05, 4.69) is 35.8 Å². The fraction of sp³-hybridized carbons (Fsp3) is 0.611. The van der Waals surface area contributed by atoms with Crippen LogP contribution < -0.4 is 10.6 Å². The average molecular weight is 318 g/mol. The highest BCUT2D eigenvalue weighted by molar-refractivity contribution is 5.74. The summed E-state index contributed by atoms with van der Waals surface area (Å²) in [4.78, 5) is 12.1. The predicted molar refractivity (Wildman–Crippen MR) is 88.1 cm³/mol. The van der Waals surface area contributed by atoms with Gasteiger partial charge in [-0.3, -0.25) is 0 Å². The Hall–Kier alpha value is -1.59. The summed E-state index contributed by atoms with van der Waals surface area (Å²) in [5.74, 6) is -0.207. The van der Waals surface area contributed by atoms with Gasteiger partial charge >= 0.3 is 6.03 Å². The van der Waals surface area contributed by atoms with Crippen molar-refractivity contribution in [1.29, 1.82) is 0 Å². The van der Waals surface area contributed by atoms with E-state index in [1.54, 1.807) is 0 Å². The summed E-state index contributed by atoms with van der Waals surface area (Å²) >= 11 is 0. The Bertz CT molecular complexity index is 555. The molecule has 0 saturated carbocycles. The number of ether oxygens (including phenoxy) is 2. The van der Waals surface area contributed by atoms with E-state index in [9.17, 15) is 4.79 Å². The first-order valence-corrected chi connectivity index (χ1v) is 8.46. The first-order valence-electron chi connectivity index (χ1n) is 8.46. The van der Waals surface area contributed by atoms with E-state index in [0.29, 0.717) is 25.7 Å². The van der Waals surface area contributed by atoms with Crippen LogP contribution >= 0.6 is 0 Å². The number of fused-ring (bicyclic) bond motifs is 1. The molecule has 2 aliphatic rings. The van der Waals surface area contributed by atoms with E-state index in [4.69, 9.17) is 9.47 Å². The Balaban J connectivity index is 1.43. The van der Waals surface area contributed by atoms with Gasteiger partial charge < -0.3 is 20.1 Å². The topological polar surface area (TPSA) is 59.6 Å². The van der Waals surface area contributed by atoms with Crippen LogP contribution in [-0.2, 0) is 15.9 Å².